The zero-order chi connectivity index (χ0) is 14.8. The normalized spacial score (nSPS) is 20.2. The van der Waals surface area contributed by atoms with Gasteiger partial charge in [0.05, 0.1) is 0 Å². The van der Waals surface area contributed by atoms with Crippen molar-refractivity contribution in [3.8, 4) is 0 Å². The first-order chi connectivity index (χ1) is 9.45. The molecule has 0 radical (unpaired) electrons. The van der Waals surface area contributed by atoms with E-state index in [1.165, 1.54) is 0 Å². The van der Waals surface area contributed by atoms with Gasteiger partial charge in [0.1, 0.15) is 16.4 Å². The van der Waals surface area contributed by atoms with Crippen molar-refractivity contribution in [1.29, 1.82) is 0 Å². The highest BCUT2D eigenvalue weighted by Crippen LogP contribution is 2.27. The quantitative estimate of drug-likeness (QED) is 0.866. The molecule has 1 unspecified atom stereocenters. The lowest BCUT2D eigenvalue weighted by Gasteiger charge is -2.22. The summed E-state index contributed by atoms with van der Waals surface area (Å²) in [6.45, 7) is 3.99. The molecule has 2 N–H and O–H groups in total. The van der Waals surface area contributed by atoms with E-state index in [9.17, 15) is 8.42 Å². The first kappa shape index (κ1) is 15.9. The second-order valence-corrected chi connectivity index (χ2v) is 7.89. The Labute approximate surface area is 124 Å². The van der Waals surface area contributed by atoms with Crippen LogP contribution in [-0.2, 0) is 16.6 Å². The minimum absolute atomic E-state index is 0.0239. The van der Waals surface area contributed by atoms with Crippen LogP contribution in [0.3, 0.4) is 0 Å². The number of furan rings is 1. The minimum Gasteiger partial charge on any atom is -0.465 e. The molecule has 2 rings (SSSR count). The van der Waals surface area contributed by atoms with Crippen LogP contribution >= 0.6 is 11.8 Å². The van der Waals surface area contributed by atoms with Crippen molar-refractivity contribution in [3.05, 3.63) is 17.1 Å². The Kier molecular flexibility index (Phi) is 5.17. The largest absolute Gasteiger partial charge is 0.465 e. The Balaban J connectivity index is 2.28. The summed E-state index contributed by atoms with van der Waals surface area (Å²) in [6, 6.07) is 0.0239. The standard InChI is InChI=1S/C13H22N2O3S2/c1-9-12(7-14-3)13(10(2)18-9)20(16,17)15-11-5-4-6-19-8-11/h11,14-15H,4-8H2,1-3H3. The Morgan fingerprint density at radius 3 is 2.70 bits per heavy atom. The van der Waals surface area contributed by atoms with Crippen LogP contribution < -0.4 is 10.0 Å². The fourth-order valence-corrected chi connectivity index (χ4v) is 5.45. The number of rotatable bonds is 5. The van der Waals surface area contributed by atoms with Crippen LogP contribution in [0.15, 0.2) is 9.31 Å². The van der Waals surface area contributed by atoms with E-state index in [-0.39, 0.29) is 6.04 Å². The summed E-state index contributed by atoms with van der Waals surface area (Å²) in [6.07, 6.45) is 1.97. The van der Waals surface area contributed by atoms with Gasteiger partial charge in [0.15, 0.2) is 0 Å². The average Bonchev–Trinajstić information content (AvgIpc) is 2.66. The molecule has 2 heterocycles. The second-order valence-electron chi connectivity index (χ2n) is 5.09. The topological polar surface area (TPSA) is 71.3 Å². The first-order valence-corrected chi connectivity index (χ1v) is 9.43. The van der Waals surface area contributed by atoms with Crippen molar-refractivity contribution in [1.82, 2.24) is 10.0 Å². The lowest BCUT2D eigenvalue weighted by atomic mass is 10.2. The van der Waals surface area contributed by atoms with Crippen molar-refractivity contribution in [2.45, 2.75) is 44.2 Å². The first-order valence-electron chi connectivity index (χ1n) is 6.79. The summed E-state index contributed by atoms with van der Waals surface area (Å²) in [5.41, 5.74) is 0.723. The van der Waals surface area contributed by atoms with E-state index in [1.54, 1.807) is 32.7 Å². The number of thioether (sulfide) groups is 1. The molecule has 1 atom stereocenters. The van der Waals surface area contributed by atoms with Gasteiger partial charge in [0.2, 0.25) is 10.0 Å². The van der Waals surface area contributed by atoms with Crippen molar-refractivity contribution in [2.75, 3.05) is 18.6 Å². The third-order valence-electron chi connectivity index (χ3n) is 3.43. The van der Waals surface area contributed by atoms with Gasteiger partial charge in [0, 0.05) is 23.9 Å². The van der Waals surface area contributed by atoms with Crippen LogP contribution in [0.4, 0.5) is 0 Å². The second kappa shape index (κ2) is 6.51. The number of aryl methyl sites for hydroxylation is 2. The Morgan fingerprint density at radius 1 is 1.35 bits per heavy atom. The number of nitrogens with one attached hydrogen (secondary N) is 2. The van der Waals surface area contributed by atoms with Crippen LogP contribution in [0.1, 0.15) is 29.9 Å². The van der Waals surface area contributed by atoms with Crippen molar-refractivity contribution in [3.63, 3.8) is 0 Å². The van der Waals surface area contributed by atoms with Crippen LogP contribution in [-0.4, -0.2) is 33.0 Å². The smallest absolute Gasteiger partial charge is 0.244 e. The molecular weight excluding hydrogens is 296 g/mol. The molecule has 1 aliphatic rings. The van der Waals surface area contributed by atoms with E-state index in [2.05, 4.69) is 10.0 Å². The molecule has 0 saturated carbocycles. The predicted molar refractivity (Wildman–Crippen MR) is 81.6 cm³/mol. The fraction of sp³-hybridized carbons (Fsp3) is 0.692. The number of hydrogen-bond acceptors (Lipinski definition) is 5. The third-order valence-corrected chi connectivity index (χ3v) is 6.36. The number of sulfonamides is 1. The van der Waals surface area contributed by atoms with Gasteiger partial charge in [-0.25, -0.2) is 13.1 Å². The van der Waals surface area contributed by atoms with E-state index in [0.29, 0.717) is 23.0 Å². The van der Waals surface area contributed by atoms with Crippen molar-refractivity contribution in [2.24, 2.45) is 0 Å². The summed E-state index contributed by atoms with van der Waals surface area (Å²) in [4.78, 5) is 0.305. The molecule has 20 heavy (non-hydrogen) atoms. The lowest BCUT2D eigenvalue weighted by Crippen LogP contribution is -2.38. The van der Waals surface area contributed by atoms with Crippen LogP contribution in [0.25, 0.3) is 0 Å². The highest BCUT2D eigenvalue weighted by atomic mass is 32.2. The highest BCUT2D eigenvalue weighted by molar-refractivity contribution is 7.99. The molecule has 0 aromatic carbocycles. The molecule has 0 amide bonds. The lowest BCUT2D eigenvalue weighted by molar-refractivity contribution is 0.492. The van der Waals surface area contributed by atoms with Crippen molar-refractivity contribution < 1.29 is 12.8 Å². The monoisotopic (exact) mass is 318 g/mol. The molecule has 1 saturated heterocycles. The van der Waals surface area contributed by atoms with Gasteiger partial charge >= 0.3 is 0 Å². The van der Waals surface area contributed by atoms with Crippen LogP contribution in [0.5, 0.6) is 0 Å². The molecular formula is C13H22N2O3S2. The predicted octanol–water partition coefficient (Wildman–Crippen LogP) is 1.79. The molecule has 1 aromatic rings. The van der Waals surface area contributed by atoms with E-state index < -0.39 is 10.0 Å². The fourth-order valence-electron chi connectivity index (χ4n) is 2.55. The Hall–Kier alpha value is -0.500. The van der Waals surface area contributed by atoms with Crippen molar-refractivity contribution >= 4 is 21.8 Å². The summed E-state index contributed by atoms with van der Waals surface area (Å²) in [5.74, 6) is 3.09. The van der Waals surface area contributed by atoms with Gasteiger partial charge in [-0.1, -0.05) is 0 Å². The Morgan fingerprint density at radius 2 is 2.10 bits per heavy atom. The zero-order valence-electron chi connectivity index (χ0n) is 12.2. The third kappa shape index (κ3) is 3.39. The maximum atomic E-state index is 12.6. The summed E-state index contributed by atoms with van der Waals surface area (Å²) < 4.78 is 33.6. The summed E-state index contributed by atoms with van der Waals surface area (Å²) in [5, 5.41) is 3.00. The highest BCUT2D eigenvalue weighted by Gasteiger charge is 2.29. The van der Waals surface area contributed by atoms with Gasteiger partial charge in [-0.2, -0.15) is 11.8 Å². The maximum Gasteiger partial charge on any atom is 0.244 e. The molecule has 0 spiro atoms. The van der Waals surface area contributed by atoms with E-state index in [4.69, 9.17) is 4.42 Å². The molecule has 0 aliphatic carbocycles. The van der Waals surface area contributed by atoms with E-state index in [1.807, 2.05) is 0 Å². The molecule has 1 aromatic heterocycles. The average molecular weight is 318 g/mol. The molecule has 5 nitrogen and oxygen atoms in total. The van der Waals surface area contributed by atoms with Crippen LogP contribution in [0.2, 0.25) is 0 Å². The molecule has 0 bridgehead atoms. The zero-order valence-corrected chi connectivity index (χ0v) is 13.8. The van der Waals surface area contributed by atoms with Gasteiger partial charge < -0.3 is 9.73 Å². The molecule has 1 aliphatic heterocycles. The van der Waals surface area contributed by atoms with Gasteiger partial charge in [-0.3, -0.25) is 0 Å². The van der Waals surface area contributed by atoms with Gasteiger partial charge in [0.25, 0.3) is 0 Å². The molecule has 114 valence electrons. The molecule has 1 fully saturated rings. The summed E-state index contributed by atoms with van der Waals surface area (Å²) in [7, 11) is -1.72. The van der Waals surface area contributed by atoms with Gasteiger partial charge in [-0.05, 0) is 39.5 Å². The Bertz CT molecular complexity index is 560. The van der Waals surface area contributed by atoms with Gasteiger partial charge in [-0.15, -0.1) is 0 Å². The van der Waals surface area contributed by atoms with E-state index in [0.717, 1.165) is 29.9 Å². The SMILES string of the molecule is CNCc1c(C)oc(C)c1S(=O)(=O)NC1CCCSC1. The number of hydrogen-bond donors (Lipinski definition) is 2. The molecule has 7 heteroatoms. The van der Waals surface area contributed by atoms with Crippen LogP contribution in [0, 0.1) is 13.8 Å². The maximum absolute atomic E-state index is 12.6. The minimum atomic E-state index is -3.52. The summed E-state index contributed by atoms with van der Waals surface area (Å²) >= 11 is 1.80. The van der Waals surface area contributed by atoms with E-state index >= 15 is 0 Å².